The lowest BCUT2D eigenvalue weighted by Gasteiger charge is -2.26. The number of nitrogens with one attached hydrogen (secondary N) is 1. The third-order valence-corrected chi connectivity index (χ3v) is 6.78. The molecule has 1 aliphatic rings. The number of sulfonamides is 1. The molecule has 0 aliphatic carbocycles. The molecule has 1 aliphatic heterocycles. The molecule has 162 valence electrons. The molecule has 1 saturated heterocycles. The number of anilines is 1. The van der Waals surface area contributed by atoms with Crippen LogP contribution in [-0.2, 0) is 10.0 Å². The van der Waals surface area contributed by atoms with Crippen molar-refractivity contribution in [2.45, 2.75) is 37.4 Å². The molecule has 1 fully saturated rings. The lowest BCUT2D eigenvalue weighted by atomic mass is 10.1. The number of para-hydroxylation sites is 2. The van der Waals surface area contributed by atoms with Crippen molar-refractivity contribution < 1.29 is 31.1 Å². The van der Waals surface area contributed by atoms with Gasteiger partial charge in [0.05, 0.1) is 10.6 Å². The van der Waals surface area contributed by atoms with E-state index < -0.39 is 28.0 Å². The number of nitrogens with zero attached hydrogens (tertiary/aromatic N) is 1. The highest BCUT2D eigenvalue weighted by Crippen LogP contribution is 2.31. The smallest absolute Gasteiger partial charge is 0.404 e. The van der Waals surface area contributed by atoms with Crippen LogP contribution in [0.25, 0.3) is 0 Å². The van der Waals surface area contributed by atoms with Crippen molar-refractivity contribution in [2.75, 3.05) is 18.4 Å². The third-order valence-electron chi connectivity index (χ3n) is 4.74. The molecular formula is C20H21F3N2O4S. The summed E-state index contributed by atoms with van der Waals surface area (Å²) in [5.74, 6) is -1.31. The molecule has 2 aromatic carbocycles. The summed E-state index contributed by atoms with van der Waals surface area (Å²) in [5.41, 5.74) is 0.316. The fourth-order valence-electron chi connectivity index (χ4n) is 3.24. The number of aryl methyl sites for hydroxylation is 1. The van der Waals surface area contributed by atoms with Crippen molar-refractivity contribution in [3.63, 3.8) is 0 Å². The number of benzene rings is 2. The average Bonchev–Trinajstić information content (AvgIpc) is 2.69. The summed E-state index contributed by atoms with van der Waals surface area (Å²) < 4.78 is 69.1. The van der Waals surface area contributed by atoms with Gasteiger partial charge in [0, 0.05) is 18.7 Å². The quantitative estimate of drug-likeness (QED) is 0.748. The molecule has 6 nitrogen and oxygen atoms in total. The van der Waals surface area contributed by atoms with Gasteiger partial charge in [-0.1, -0.05) is 24.6 Å². The predicted molar refractivity (Wildman–Crippen MR) is 105 cm³/mol. The maximum Gasteiger partial charge on any atom is 0.573 e. The molecule has 30 heavy (non-hydrogen) atoms. The van der Waals surface area contributed by atoms with Crippen LogP contribution in [0.3, 0.4) is 0 Å². The number of amides is 1. The summed E-state index contributed by atoms with van der Waals surface area (Å²) in [6.45, 7) is 2.46. The zero-order chi connectivity index (χ0) is 21.9. The minimum Gasteiger partial charge on any atom is -0.404 e. The zero-order valence-electron chi connectivity index (χ0n) is 16.2. The Morgan fingerprint density at radius 3 is 2.40 bits per heavy atom. The third kappa shape index (κ3) is 5.11. The highest BCUT2D eigenvalue weighted by molar-refractivity contribution is 7.89. The summed E-state index contributed by atoms with van der Waals surface area (Å²) in [5, 5.41) is 2.35. The first-order valence-electron chi connectivity index (χ1n) is 9.35. The summed E-state index contributed by atoms with van der Waals surface area (Å²) >= 11 is 0. The topological polar surface area (TPSA) is 75.7 Å². The van der Waals surface area contributed by atoms with Crippen molar-refractivity contribution in [3.05, 3.63) is 53.6 Å². The maximum absolute atomic E-state index is 13.0. The van der Waals surface area contributed by atoms with Gasteiger partial charge in [-0.25, -0.2) is 8.42 Å². The van der Waals surface area contributed by atoms with Gasteiger partial charge < -0.3 is 10.1 Å². The maximum atomic E-state index is 13.0. The molecule has 1 amide bonds. The first-order valence-corrected chi connectivity index (χ1v) is 10.8. The van der Waals surface area contributed by atoms with E-state index in [0.717, 1.165) is 25.3 Å². The van der Waals surface area contributed by atoms with Gasteiger partial charge in [-0.3, -0.25) is 4.79 Å². The molecule has 0 radical (unpaired) electrons. The van der Waals surface area contributed by atoms with Crippen LogP contribution in [0.4, 0.5) is 18.9 Å². The minimum atomic E-state index is -4.92. The highest BCUT2D eigenvalue weighted by Gasteiger charge is 2.32. The van der Waals surface area contributed by atoms with Crippen LogP contribution in [0.2, 0.25) is 0 Å². The van der Waals surface area contributed by atoms with E-state index in [9.17, 15) is 26.4 Å². The fraction of sp³-hybridized carbons (Fsp3) is 0.350. The lowest BCUT2D eigenvalue weighted by Crippen LogP contribution is -2.36. The van der Waals surface area contributed by atoms with E-state index in [4.69, 9.17) is 0 Å². The van der Waals surface area contributed by atoms with Crippen LogP contribution < -0.4 is 10.1 Å². The molecule has 0 unspecified atom stereocenters. The Balaban J connectivity index is 1.87. The highest BCUT2D eigenvalue weighted by atomic mass is 32.2. The second kappa shape index (κ2) is 8.65. The Labute approximate surface area is 172 Å². The molecule has 10 heteroatoms. The van der Waals surface area contributed by atoms with Crippen LogP contribution in [0.5, 0.6) is 5.75 Å². The van der Waals surface area contributed by atoms with Crippen LogP contribution in [-0.4, -0.2) is 38.1 Å². The Kier molecular flexibility index (Phi) is 6.37. The van der Waals surface area contributed by atoms with Gasteiger partial charge in [-0.2, -0.15) is 4.31 Å². The molecule has 0 spiro atoms. The van der Waals surface area contributed by atoms with Gasteiger partial charge >= 0.3 is 6.36 Å². The number of carbonyl (C=O) groups excluding carboxylic acids is 1. The van der Waals surface area contributed by atoms with Gasteiger partial charge in [0.2, 0.25) is 10.0 Å². The van der Waals surface area contributed by atoms with Crippen molar-refractivity contribution in [1.82, 2.24) is 4.31 Å². The van der Waals surface area contributed by atoms with Gasteiger partial charge in [0.25, 0.3) is 5.91 Å². The zero-order valence-corrected chi connectivity index (χ0v) is 17.0. The second-order valence-electron chi connectivity index (χ2n) is 6.94. The number of alkyl halides is 3. The summed E-state index contributed by atoms with van der Waals surface area (Å²) in [7, 11) is -3.77. The number of halogens is 3. The fourth-order valence-corrected chi connectivity index (χ4v) is 5.01. The predicted octanol–water partition coefficient (Wildman–Crippen LogP) is 4.32. The molecule has 0 atom stereocenters. The molecule has 0 bridgehead atoms. The number of hydrogen-bond acceptors (Lipinski definition) is 4. The molecule has 2 aromatic rings. The summed E-state index contributed by atoms with van der Waals surface area (Å²) in [6.07, 6.45) is -2.41. The van der Waals surface area contributed by atoms with Gasteiger partial charge in [-0.15, -0.1) is 13.2 Å². The van der Waals surface area contributed by atoms with E-state index >= 15 is 0 Å². The number of piperidine rings is 1. The Morgan fingerprint density at radius 1 is 1.07 bits per heavy atom. The van der Waals surface area contributed by atoms with Crippen LogP contribution >= 0.6 is 0 Å². The van der Waals surface area contributed by atoms with Crippen molar-refractivity contribution in [3.8, 4) is 5.75 Å². The van der Waals surface area contributed by atoms with Crippen molar-refractivity contribution >= 4 is 21.6 Å². The van der Waals surface area contributed by atoms with Crippen molar-refractivity contribution in [1.29, 1.82) is 0 Å². The standard InChI is InChI=1S/C20H21F3N2O4S/c1-14-9-10-15(13-18(14)30(27,28)25-11-5-2-6-12-25)19(26)24-16-7-3-4-8-17(16)29-20(21,22)23/h3-4,7-10,13H,2,5-6,11-12H2,1H3,(H,24,26). The average molecular weight is 442 g/mol. The molecule has 3 rings (SSSR count). The summed E-state index contributed by atoms with van der Waals surface area (Å²) in [6, 6.07) is 9.30. The van der Waals surface area contributed by atoms with Crippen LogP contribution in [0.15, 0.2) is 47.4 Å². The molecule has 1 heterocycles. The lowest BCUT2D eigenvalue weighted by molar-refractivity contribution is -0.274. The Morgan fingerprint density at radius 2 is 1.73 bits per heavy atom. The van der Waals surface area contributed by atoms with Gasteiger partial charge in [0.1, 0.15) is 0 Å². The monoisotopic (exact) mass is 442 g/mol. The van der Waals surface area contributed by atoms with Crippen molar-refractivity contribution in [2.24, 2.45) is 0 Å². The number of carbonyl (C=O) groups is 1. The van der Waals surface area contributed by atoms with Gasteiger partial charge in [-0.05, 0) is 49.6 Å². The number of rotatable bonds is 5. The van der Waals surface area contributed by atoms with E-state index in [1.165, 1.54) is 40.7 Å². The largest absolute Gasteiger partial charge is 0.573 e. The second-order valence-corrected chi connectivity index (χ2v) is 8.85. The first kappa shape index (κ1) is 22.1. The molecule has 0 saturated carbocycles. The first-order chi connectivity index (χ1) is 14.1. The van der Waals surface area contributed by atoms with E-state index in [-0.39, 0.29) is 16.1 Å². The van der Waals surface area contributed by atoms with E-state index in [1.807, 2.05) is 0 Å². The minimum absolute atomic E-state index is 0.0110. The van der Waals surface area contributed by atoms with E-state index in [1.54, 1.807) is 6.92 Å². The molecular weight excluding hydrogens is 421 g/mol. The SMILES string of the molecule is Cc1ccc(C(=O)Nc2ccccc2OC(F)(F)F)cc1S(=O)(=O)N1CCCCC1. The Bertz CT molecular complexity index is 1030. The van der Waals surface area contributed by atoms with Gasteiger partial charge in [0.15, 0.2) is 5.75 Å². The Hall–Kier alpha value is -2.59. The molecule has 0 aromatic heterocycles. The summed E-state index contributed by atoms with van der Waals surface area (Å²) in [4.78, 5) is 12.7. The van der Waals surface area contributed by atoms with E-state index in [0.29, 0.717) is 18.7 Å². The van der Waals surface area contributed by atoms with Crippen LogP contribution in [0.1, 0.15) is 35.2 Å². The van der Waals surface area contributed by atoms with E-state index in [2.05, 4.69) is 10.1 Å². The number of hydrogen-bond donors (Lipinski definition) is 1. The number of ether oxygens (including phenoxy) is 1. The normalized spacial score (nSPS) is 15.6. The van der Waals surface area contributed by atoms with Crippen LogP contribution in [0, 0.1) is 6.92 Å². The molecule has 1 N–H and O–H groups in total.